The summed E-state index contributed by atoms with van der Waals surface area (Å²) in [5.74, 6) is -0.792. The summed E-state index contributed by atoms with van der Waals surface area (Å²) in [7, 11) is 0. The molecule has 0 fully saturated rings. The minimum Gasteiger partial charge on any atom is -0.596 e. The molecule has 3 nitrogen and oxygen atoms in total. The molecule has 0 aliphatic carbocycles. The summed E-state index contributed by atoms with van der Waals surface area (Å²) in [6.45, 7) is 6.44. The Morgan fingerprint density at radius 1 is 1.18 bits per heavy atom. The Bertz CT molecular complexity index is 160. The standard InChI is InChI=1S/C7H13NO2.Rb/c1-5(9)8-6(10)7(2,3)4;/h1-4H3,(H,8,9,10);/q;+1/p-1. The monoisotopic (exact) mass is 227 g/mol. The maximum Gasteiger partial charge on any atom is 1.00 e. The van der Waals surface area contributed by atoms with Crippen LogP contribution in [-0.4, -0.2) is 11.8 Å². The van der Waals surface area contributed by atoms with Crippen LogP contribution in [0.1, 0.15) is 27.7 Å². The second-order valence-corrected chi connectivity index (χ2v) is 3.19. The zero-order valence-electron chi connectivity index (χ0n) is 7.76. The number of carbonyl (C=O) groups excluding carboxylic acids is 2. The van der Waals surface area contributed by atoms with Gasteiger partial charge in [0.05, 0.1) is 11.8 Å². The van der Waals surface area contributed by atoms with E-state index in [0.717, 1.165) is 0 Å². The molecule has 0 radical (unpaired) electrons. The van der Waals surface area contributed by atoms with Crippen LogP contribution >= 0.6 is 0 Å². The van der Waals surface area contributed by atoms with Crippen molar-refractivity contribution in [2.45, 2.75) is 27.7 Å². The van der Waals surface area contributed by atoms with Gasteiger partial charge in [0, 0.05) is 5.41 Å². The minimum atomic E-state index is -0.536. The first-order valence-corrected chi connectivity index (χ1v) is 3.11. The van der Waals surface area contributed by atoms with E-state index in [1.165, 1.54) is 6.92 Å². The van der Waals surface area contributed by atoms with Gasteiger partial charge >= 0.3 is 58.2 Å². The van der Waals surface area contributed by atoms with Crippen molar-refractivity contribution < 1.29 is 67.8 Å². The molecule has 0 bridgehead atoms. The second kappa shape index (κ2) is 5.57. The summed E-state index contributed by atoms with van der Waals surface area (Å²) in [6.07, 6.45) is 0. The maximum absolute atomic E-state index is 10.9. The van der Waals surface area contributed by atoms with Gasteiger partial charge < -0.3 is 14.9 Å². The predicted octanol–water partition coefficient (Wildman–Crippen LogP) is -1.52. The quantitative estimate of drug-likeness (QED) is 0.505. The van der Waals surface area contributed by atoms with E-state index in [-0.39, 0.29) is 64.1 Å². The molecular formula is C7H12NO2Rb. The van der Waals surface area contributed by atoms with Crippen molar-refractivity contribution in [3.05, 3.63) is 5.32 Å². The van der Waals surface area contributed by atoms with Crippen LogP contribution in [0.15, 0.2) is 0 Å². The van der Waals surface area contributed by atoms with Crippen LogP contribution in [0.4, 0.5) is 0 Å². The van der Waals surface area contributed by atoms with E-state index in [1.807, 2.05) is 0 Å². The molecule has 0 unspecified atom stereocenters. The fourth-order valence-corrected chi connectivity index (χ4v) is 0.311. The molecule has 0 atom stereocenters. The molecule has 0 aromatic rings. The van der Waals surface area contributed by atoms with E-state index in [1.54, 1.807) is 20.8 Å². The molecular weight excluding hydrogens is 216 g/mol. The number of amides is 2. The van der Waals surface area contributed by atoms with Crippen molar-refractivity contribution >= 4 is 11.8 Å². The van der Waals surface area contributed by atoms with Crippen LogP contribution in [0.25, 0.3) is 5.32 Å². The molecule has 0 aromatic heterocycles. The normalized spacial score (nSPS) is 9.82. The van der Waals surface area contributed by atoms with Crippen LogP contribution in [0.5, 0.6) is 0 Å². The van der Waals surface area contributed by atoms with Crippen LogP contribution in [0.3, 0.4) is 0 Å². The summed E-state index contributed by atoms with van der Waals surface area (Å²) < 4.78 is 0. The summed E-state index contributed by atoms with van der Waals surface area (Å²) >= 11 is 0. The average molecular weight is 228 g/mol. The third kappa shape index (κ3) is 7.31. The third-order valence-corrected chi connectivity index (χ3v) is 0.901. The van der Waals surface area contributed by atoms with Gasteiger partial charge in [-0.3, -0.25) is 0 Å². The molecule has 58 valence electrons. The number of hydrogen-bond acceptors (Lipinski definition) is 2. The van der Waals surface area contributed by atoms with Crippen LogP contribution in [-0.2, 0) is 9.59 Å². The Balaban J connectivity index is 0. The van der Waals surface area contributed by atoms with Gasteiger partial charge in [-0.25, -0.2) is 0 Å². The van der Waals surface area contributed by atoms with Gasteiger partial charge in [-0.05, 0) is 6.92 Å². The minimum absolute atomic E-state index is 0. The Morgan fingerprint density at radius 3 is 1.64 bits per heavy atom. The molecule has 0 N–H and O–H groups in total. The van der Waals surface area contributed by atoms with E-state index in [0.29, 0.717) is 0 Å². The topological polar surface area (TPSA) is 48.2 Å². The number of carbonyl (C=O) groups is 2. The number of nitrogens with zero attached hydrogens (tertiary/aromatic N) is 1. The Hall–Kier alpha value is 0.945. The fourth-order valence-electron chi connectivity index (χ4n) is 0.311. The van der Waals surface area contributed by atoms with Gasteiger partial charge in [-0.2, -0.15) is 0 Å². The van der Waals surface area contributed by atoms with Crippen LogP contribution < -0.4 is 58.2 Å². The van der Waals surface area contributed by atoms with Crippen molar-refractivity contribution in [2.75, 3.05) is 0 Å². The van der Waals surface area contributed by atoms with Crippen LogP contribution in [0, 0.1) is 5.41 Å². The first-order valence-electron chi connectivity index (χ1n) is 3.11. The van der Waals surface area contributed by atoms with Gasteiger partial charge in [0.2, 0.25) is 0 Å². The summed E-state index contributed by atoms with van der Waals surface area (Å²) in [5, 5.41) is 3.27. The molecule has 0 heterocycles. The summed E-state index contributed by atoms with van der Waals surface area (Å²) in [6, 6.07) is 0. The second-order valence-electron chi connectivity index (χ2n) is 3.19. The van der Waals surface area contributed by atoms with Crippen molar-refractivity contribution in [1.82, 2.24) is 0 Å². The average Bonchev–Trinajstić information content (AvgIpc) is 1.60. The van der Waals surface area contributed by atoms with Gasteiger partial charge in [0.1, 0.15) is 0 Å². The molecule has 0 saturated carbocycles. The zero-order valence-corrected chi connectivity index (χ0v) is 12.7. The van der Waals surface area contributed by atoms with Gasteiger partial charge in [0.15, 0.2) is 0 Å². The smallest absolute Gasteiger partial charge is 0.596 e. The Kier molecular flexibility index (Phi) is 7.32. The van der Waals surface area contributed by atoms with Crippen molar-refractivity contribution in [3.63, 3.8) is 0 Å². The van der Waals surface area contributed by atoms with E-state index in [9.17, 15) is 9.59 Å². The first kappa shape index (κ1) is 14.5. The van der Waals surface area contributed by atoms with E-state index in [2.05, 4.69) is 5.32 Å². The maximum atomic E-state index is 10.9. The van der Waals surface area contributed by atoms with E-state index >= 15 is 0 Å². The van der Waals surface area contributed by atoms with E-state index in [4.69, 9.17) is 0 Å². The van der Waals surface area contributed by atoms with Gasteiger partial charge in [-0.1, -0.05) is 20.8 Å². The van der Waals surface area contributed by atoms with Gasteiger partial charge in [0.25, 0.3) is 0 Å². The molecule has 0 aromatic carbocycles. The molecule has 11 heavy (non-hydrogen) atoms. The molecule has 4 heteroatoms. The molecule has 0 rings (SSSR count). The number of rotatable bonds is 0. The Morgan fingerprint density at radius 2 is 1.55 bits per heavy atom. The SMILES string of the molecule is CC(=O)[N-]C(=O)C(C)(C)C.[Rb+]. The molecule has 0 saturated heterocycles. The molecule has 0 aliphatic heterocycles. The molecule has 0 aliphatic rings. The van der Waals surface area contributed by atoms with Crippen molar-refractivity contribution in [1.29, 1.82) is 0 Å². The zero-order chi connectivity index (χ0) is 8.36. The largest absolute Gasteiger partial charge is 1.00 e. The predicted molar refractivity (Wildman–Crippen MR) is 38.5 cm³/mol. The van der Waals surface area contributed by atoms with Gasteiger partial charge in [-0.15, -0.1) is 0 Å². The van der Waals surface area contributed by atoms with Crippen molar-refractivity contribution in [3.8, 4) is 0 Å². The van der Waals surface area contributed by atoms with E-state index < -0.39 is 11.3 Å². The first-order chi connectivity index (χ1) is 4.34. The van der Waals surface area contributed by atoms with Crippen LogP contribution in [0.2, 0.25) is 0 Å². The fraction of sp³-hybridized carbons (Fsp3) is 0.714. The van der Waals surface area contributed by atoms with Crippen molar-refractivity contribution in [2.24, 2.45) is 5.41 Å². The number of imide groups is 1. The molecule has 0 spiro atoms. The summed E-state index contributed by atoms with van der Waals surface area (Å²) in [5.41, 5.74) is -0.536. The Labute approximate surface area is 116 Å². The summed E-state index contributed by atoms with van der Waals surface area (Å²) in [4.78, 5) is 21.2. The third-order valence-electron chi connectivity index (χ3n) is 0.901. The molecule has 2 amide bonds. The number of hydrogen-bond donors (Lipinski definition) is 0.